The lowest BCUT2D eigenvalue weighted by Gasteiger charge is -2.31. The number of nitrogens with zero attached hydrogens (tertiary/aromatic N) is 4. The molecule has 0 bridgehead atoms. The van der Waals surface area contributed by atoms with Crippen LogP contribution in [-0.4, -0.2) is 69.9 Å². The fourth-order valence-corrected chi connectivity index (χ4v) is 4.41. The fraction of sp³-hybridized carbons (Fsp3) is 0.500. The quantitative estimate of drug-likeness (QED) is 0.412. The molecule has 2 amide bonds. The third-order valence-corrected chi connectivity index (χ3v) is 6.23. The molecule has 1 fully saturated rings. The first-order valence-electron chi connectivity index (χ1n) is 11.3. The summed E-state index contributed by atoms with van der Waals surface area (Å²) in [6.45, 7) is 1.00. The number of carbonyl (C=O) groups excluding carboxylic acids is 2. The second-order valence-electron chi connectivity index (χ2n) is 8.76. The van der Waals surface area contributed by atoms with Crippen molar-refractivity contribution in [3.05, 3.63) is 52.4 Å². The number of carbonyl (C=O) groups is 2. The number of nitrogens with two attached hydrogens (primary N) is 1. The summed E-state index contributed by atoms with van der Waals surface area (Å²) in [6, 6.07) is 0.0952. The summed E-state index contributed by atoms with van der Waals surface area (Å²) < 4.78 is 82.3. The van der Waals surface area contributed by atoms with Crippen molar-refractivity contribution in [2.45, 2.75) is 38.1 Å². The maximum Gasteiger partial charge on any atom is 0.449 e. The van der Waals surface area contributed by atoms with Crippen LogP contribution in [0.3, 0.4) is 0 Å². The molecular weight excluding hydrogens is 565 g/mol. The van der Waals surface area contributed by atoms with Gasteiger partial charge in [0.2, 0.25) is 11.7 Å². The summed E-state index contributed by atoms with van der Waals surface area (Å²) in [5.74, 6) is -5.99. The third kappa shape index (κ3) is 6.71. The van der Waals surface area contributed by atoms with Gasteiger partial charge in [-0.15, -0.1) is 24.8 Å². The molecule has 0 spiro atoms. The summed E-state index contributed by atoms with van der Waals surface area (Å²) >= 11 is 0. The zero-order valence-electron chi connectivity index (χ0n) is 19.9. The van der Waals surface area contributed by atoms with Crippen LogP contribution >= 0.6 is 24.8 Å². The highest BCUT2D eigenvalue weighted by Gasteiger charge is 2.42. The average molecular weight is 591 g/mol. The van der Waals surface area contributed by atoms with Crippen LogP contribution in [0.5, 0.6) is 0 Å². The number of hydrogen-bond acceptors (Lipinski definition) is 5. The largest absolute Gasteiger partial charge is 0.449 e. The van der Waals surface area contributed by atoms with Crippen LogP contribution in [0.2, 0.25) is 0 Å². The van der Waals surface area contributed by atoms with Crippen molar-refractivity contribution in [2.24, 2.45) is 5.73 Å². The molecule has 2 aliphatic heterocycles. The Balaban J connectivity index is 0.00000253. The molecule has 2 aliphatic rings. The Bertz CT molecular complexity index is 1170. The molecule has 3 N–H and O–H groups in total. The van der Waals surface area contributed by atoms with Crippen LogP contribution in [0, 0.1) is 17.5 Å². The molecule has 0 radical (unpaired) electrons. The Morgan fingerprint density at radius 1 is 0.974 bits per heavy atom. The lowest BCUT2D eigenvalue weighted by Crippen LogP contribution is -2.47. The minimum atomic E-state index is -4.79. The van der Waals surface area contributed by atoms with Crippen molar-refractivity contribution in [1.29, 1.82) is 0 Å². The number of fused-ring (bicyclic) bond motifs is 1. The third-order valence-electron chi connectivity index (χ3n) is 6.23. The molecule has 1 atom stereocenters. The van der Waals surface area contributed by atoms with Gasteiger partial charge in [0.05, 0.1) is 12.2 Å². The number of halogens is 8. The summed E-state index contributed by atoms with van der Waals surface area (Å²) in [5, 5.41) is 3.05. The standard InChI is InChI=1S/C22H24F6N6O2.2ClH/c23-14-10-16(25)15(24)8-12(14)7-13(29)9-18(35)33-5-6-34-17(11-33)19(31-21(34)22(26,27)28)20(36)32-3-1-30-2-4-32;;/h8,10,13,30H,1-7,9,11,29H2;2*1H. The first-order valence-corrected chi connectivity index (χ1v) is 11.3. The highest BCUT2D eigenvalue weighted by atomic mass is 35.5. The van der Waals surface area contributed by atoms with E-state index in [0.29, 0.717) is 38.3 Å². The molecule has 16 heteroatoms. The number of benzene rings is 1. The molecule has 2 aromatic rings. The zero-order chi connectivity index (χ0) is 26.2. The molecule has 1 saturated heterocycles. The van der Waals surface area contributed by atoms with E-state index in [1.165, 1.54) is 9.80 Å². The Kier molecular flexibility index (Phi) is 10.4. The molecule has 1 unspecified atom stereocenters. The number of piperazine rings is 1. The van der Waals surface area contributed by atoms with Gasteiger partial charge in [0.1, 0.15) is 5.82 Å². The lowest BCUT2D eigenvalue weighted by molar-refractivity contribution is -0.148. The SMILES string of the molecule is Cl.Cl.NC(CC(=O)N1CCn2c(C(F)(F)F)nc(C(=O)N3CCNCC3)c2C1)Cc1cc(F)c(F)cc1F. The van der Waals surface area contributed by atoms with Gasteiger partial charge in [-0.05, 0) is 18.1 Å². The molecule has 1 aromatic carbocycles. The number of aromatic nitrogens is 2. The summed E-state index contributed by atoms with van der Waals surface area (Å²) in [6.07, 6.45) is -5.37. The number of hydrogen-bond donors (Lipinski definition) is 2. The van der Waals surface area contributed by atoms with Gasteiger partial charge in [0.15, 0.2) is 17.3 Å². The van der Waals surface area contributed by atoms with Crippen molar-refractivity contribution >= 4 is 36.6 Å². The van der Waals surface area contributed by atoms with Gasteiger partial charge in [0.25, 0.3) is 5.91 Å². The van der Waals surface area contributed by atoms with E-state index >= 15 is 0 Å². The molecule has 4 rings (SSSR count). The first kappa shape index (κ1) is 31.7. The molecule has 0 saturated carbocycles. The van der Waals surface area contributed by atoms with E-state index in [4.69, 9.17) is 5.73 Å². The Morgan fingerprint density at radius 2 is 1.61 bits per heavy atom. The normalized spacial score (nSPS) is 16.3. The van der Waals surface area contributed by atoms with Crippen LogP contribution in [0.4, 0.5) is 26.3 Å². The molecule has 212 valence electrons. The predicted molar refractivity (Wildman–Crippen MR) is 129 cm³/mol. The Morgan fingerprint density at radius 3 is 2.24 bits per heavy atom. The lowest BCUT2D eigenvalue weighted by atomic mass is 10.0. The number of imidazole rings is 1. The maximum absolute atomic E-state index is 13.9. The second-order valence-corrected chi connectivity index (χ2v) is 8.76. The highest BCUT2D eigenvalue weighted by Crippen LogP contribution is 2.33. The van der Waals surface area contributed by atoms with Crippen LogP contribution in [0.15, 0.2) is 12.1 Å². The van der Waals surface area contributed by atoms with Gasteiger partial charge in [-0.1, -0.05) is 0 Å². The number of rotatable bonds is 5. The van der Waals surface area contributed by atoms with E-state index in [-0.39, 0.29) is 74.2 Å². The first-order chi connectivity index (χ1) is 17.0. The van der Waals surface area contributed by atoms with Gasteiger partial charge < -0.3 is 25.4 Å². The van der Waals surface area contributed by atoms with Crippen LogP contribution < -0.4 is 11.1 Å². The van der Waals surface area contributed by atoms with Gasteiger partial charge in [-0.3, -0.25) is 9.59 Å². The van der Waals surface area contributed by atoms with E-state index in [9.17, 15) is 35.9 Å². The van der Waals surface area contributed by atoms with E-state index in [1.54, 1.807) is 0 Å². The van der Waals surface area contributed by atoms with Gasteiger partial charge >= 0.3 is 6.18 Å². The van der Waals surface area contributed by atoms with Crippen molar-refractivity contribution in [2.75, 3.05) is 32.7 Å². The molecule has 1 aromatic heterocycles. The fourth-order valence-electron chi connectivity index (χ4n) is 4.41. The predicted octanol–water partition coefficient (Wildman–Crippen LogP) is 2.51. The van der Waals surface area contributed by atoms with Crippen LogP contribution in [0.1, 0.15) is 34.0 Å². The molecule has 3 heterocycles. The number of alkyl halides is 3. The minimum Gasteiger partial charge on any atom is -0.335 e. The number of nitrogens with one attached hydrogen (secondary N) is 1. The van der Waals surface area contributed by atoms with Gasteiger partial charge in [-0.2, -0.15) is 13.2 Å². The topological polar surface area (TPSA) is 96.5 Å². The second kappa shape index (κ2) is 12.5. The number of amides is 2. The zero-order valence-corrected chi connectivity index (χ0v) is 21.5. The van der Waals surface area contributed by atoms with E-state index in [2.05, 4.69) is 10.3 Å². The molecule has 8 nitrogen and oxygen atoms in total. The molecule has 0 aliphatic carbocycles. The summed E-state index contributed by atoms with van der Waals surface area (Å²) in [5.41, 5.74) is 5.36. The van der Waals surface area contributed by atoms with Crippen molar-refractivity contribution in [3.8, 4) is 0 Å². The molecule has 38 heavy (non-hydrogen) atoms. The minimum absolute atomic E-state index is 0. The van der Waals surface area contributed by atoms with Gasteiger partial charge in [-0.25, -0.2) is 18.2 Å². The maximum atomic E-state index is 13.9. The monoisotopic (exact) mass is 590 g/mol. The average Bonchev–Trinajstić information content (AvgIpc) is 3.22. The molecular formula is C22H26Cl2F6N6O2. The Labute approximate surface area is 226 Å². The van der Waals surface area contributed by atoms with Crippen LogP contribution in [-0.2, 0) is 30.5 Å². The smallest absolute Gasteiger partial charge is 0.335 e. The van der Waals surface area contributed by atoms with Gasteiger partial charge in [0, 0.05) is 57.8 Å². The summed E-state index contributed by atoms with van der Waals surface area (Å²) in [4.78, 5) is 32.2. The van der Waals surface area contributed by atoms with E-state index < -0.39 is 47.3 Å². The van der Waals surface area contributed by atoms with Crippen LogP contribution in [0.25, 0.3) is 0 Å². The van der Waals surface area contributed by atoms with Crippen molar-refractivity contribution in [1.82, 2.24) is 24.7 Å². The van der Waals surface area contributed by atoms with Crippen molar-refractivity contribution in [3.63, 3.8) is 0 Å². The van der Waals surface area contributed by atoms with E-state index in [0.717, 1.165) is 4.57 Å². The van der Waals surface area contributed by atoms with E-state index in [1.807, 2.05) is 0 Å². The van der Waals surface area contributed by atoms with Crippen molar-refractivity contribution < 1.29 is 35.9 Å². The summed E-state index contributed by atoms with van der Waals surface area (Å²) in [7, 11) is 0. The Hall–Kier alpha value is -2.55. The highest BCUT2D eigenvalue weighted by molar-refractivity contribution is 5.94.